The van der Waals surface area contributed by atoms with Gasteiger partial charge in [0.05, 0.1) is 18.8 Å². The first-order valence-electron chi connectivity index (χ1n) is 14.6. The van der Waals surface area contributed by atoms with Crippen LogP contribution in [0.5, 0.6) is 6.01 Å². The molecular formula is C32H32ClFN7O+. The average molecular weight is 585 g/mol. The smallest absolute Gasteiger partial charge is 0.434 e. The molecule has 2 aromatic heterocycles. The van der Waals surface area contributed by atoms with Gasteiger partial charge in [-0.2, -0.15) is 10.2 Å². The molecule has 1 atom stereocenters. The molecule has 8 nitrogen and oxygen atoms in total. The molecular weight excluding hydrogens is 553 g/mol. The molecule has 4 aromatic rings. The average Bonchev–Trinajstić information content (AvgIpc) is 3.72. The number of fused-ring (bicyclic) bond motifs is 3. The Labute approximate surface area is 249 Å². The maximum Gasteiger partial charge on any atom is 0.434 e. The topological polar surface area (TPSA) is 81.2 Å². The third-order valence-electron chi connectivity index (χ3n) is 9.17. The molecule has 0 N–H and O–H groups in total. The van der Waals surface area contributed by atoms with E-state index in [2.05, 4.69) is 21.1 Å². The Kier molecular flexibility index (Phi) is 6.91. The van der Waals surface area contributed by atoms with Gasteiger partial charge in [0.2, 0.25) is 0 Å². The van der Waals surface area contributed by atoms with Crippen LogP contribution in [-0.2, 0) is 0 Å². The lowest BCUT2D eigenvalue weighted by molar-refractivity contribution is -0.405. The predicted octanol–water partition coefficient (Wildman–Crippen LogP) is 5.79. The largest absolute Gasteiger partial charge is 0.443 e. The maximum atomic E-state index is 16.6. The van der Waals surface area contributed by atoms with Crippen molar-refractivity contribution >= 4 is 45.3 Å². The van der Waals surface area contributed by atoms with Gasteiger partial charge >= 0.3 is 11.8 Å². The summed E-state index contributed by atoms with van der Waals surface area (Å²) < 4.78 is 24.8. The molecule has 7 rings (SSSR count). The molecule has 3 saturated heterocycles. The Morgan fingerprint density at radius 1 is 1.17 bits per heavy atom. The molecule has 0 aliphatic carbocycles. The number of halogens is 2. The fourth-order valence-corrected chi connectivity index (χ4v) is 7.37. The third kappa shape index (κ3) is 4.63. The van der Waals surface area contributed by atoms with E-state index in [1.54, 1.807) is 17.2 Å². The van der Waals surface area contributed by atoms with Crippen LogP contribution >= 0.6 is 11.6 Å². The van der Waals surface area contributed by atoms with Crippen LogP contribution in [0, 0.1) is 23.2 Å². The highest BCUT2D eigenvalue weighted by Crippen LogP contribution is 2.40. The quantitative estimate of drug-likeness (QED) is 0.161. The van der Waals surface area contributed by atoms with Crippen LogP contribution in [-0.4, -0.2) is 80.9 Å². The van der Waals surface area contributed by atoms with Crippen molar-refractivity contribution in [2.45, 2.75) is 37.6 Å². The summed E-state index contributed by atoms with van der Waals surface area (Å²) in [6.45, 7) is 4.01. The van der Waals surface area contributed by atoms with Gasteiger partial charge in [-0.1, -0.05) is 41.9 Å². The highest BCUT2D eigenvalue weighted by molar-refractivity contribution is 6.36. The molecule has 1 unspecified atom stereocenters. The Morgan fingerprint density at radius 2 is 1.95 bits per heavy atom. The zero-order valence-electron chi connectivity index (χ0n) is 23.6. The molecule has 5 heterocycles. The monoisotopic (exact) mass is 584 g/mol. The first kappa shape index (κ1) is 27.0. The van der Waals surface area contributed by atoms with Crippen molar-refractivity contribution in [3.05, 3.63) is 53.4 Å². The molecule has 3 fully saturated rings. The van der Waals surface area contributed by atoms with E-state index in [-0.39, 0.29) is 28.7 Å². The number of rotatable bonds is 6. The fraction of sp³-hybridized carbons (Fsp3) is 0.406. The zero-order chi connectivity index (χ0) is 28.8. The highest BCUT2D eigenvalue weighted by Gasteiger charge is 2.45. The minimum Gasteiger partial charge on any atom is -0.443 e. The molecule has 0 bridgehead atoms. The normalized spacial score (nSPS) is 20.4. The lowest BCUT2D eigenvalue weighted by Gasteiger charge is -2.30. The van der Waals surface area contributed by atoms with Gasteiger partial charge in [-0.05, 0) is 56.6 Å². The number of nitrogens with zero attached hydrogens (tertiary/aromatic N) is 7. The molecule has 214 valence electrons. The number of hydrogen-bond donors (Lipinski definition) is 0. The first-order valence-corrected chi connectivity index (χ1v) is 15.0. The maximum absolute atomic E-state index is 16.6. The van der Waals surface area contributed by atoms with Gasteiger partial charge in [-0.15, -0.1) is 0 Å². The van der Waals surface area contributed by atoms with Crippen molar-refractivity contribution < 1.29 is 13.7 Å². The van der Waals surface area contributed by atoms with E-state index < -0.39 is 5.82 Å². The molecule has 2 aromatic carbocycles. The Hall–Kier alpha value is -3.87. The fourth-order valence-electron chi connectivity index (χ4n) is 7.08. The van der Waals surface area contributed by atoms with Crippen molar-refractivity contribution in [3.8, 4) is 23.5 Å². The van der Waals surface area contributed by atoms with Crippen LogP contribution in [0.25, 0.3) is 32.9 Å². The van der Waals surface area contributed by atoms with Gasteiger partial charge in [0, 0.05) is 46.2 Å². The standard InChI is InChI=1S/C32H32ClFN7O/c1-39(17-21-10-15-40(18-21)20-35)30-24-16-36-28(23-8-2-6-22-7-3-9-25(33)26(22)23)27(34)29(24)37-31(38-30)42-19-32-11-4-13-41(32)14-5-12-32/h2-3,6-9,16-17,21H,4-5,10-15,18-19H2,1H3/q+1. The van der Waals surface area contributed by atoms with Crippen LogP contribution in [0.2, 0.25) is 5.02 Å². The third-order valence-corrected chi connectivity index (χ3v) is 9.48. The summed E-state index contributed by atoms with van der Waals surface area (Å²) >= 11 is 6.59. The summed E-state index contributed by atoms with van der Waals surface area (Å²) in [6, 6.07) is 11.4. The van der Waals surface area contributed by atoms with E-state index in [0.717, 1.165) is 62.5 Å². The van der Waals surface area contributed by atoms with Crippen LogP contribution in [0.1, 0.15) is 32.1 Å². The van der Waals surface area contributed by atoms with Gasteiger partial charge in [0.15, 0.2) is 12.0 Å². The Morgan fingerprint density at radius 3 is 2.71 bits per heavy atom. The lowest BCUT2D eigenvalue weighted by Crippen LogP contribution is -2.43. The second-order valence-electron chi connectivity index (χ2n) is 11.7. The molecule has 3 aliphatic rings. The lowest BCUT2D eigenvalue weighted by atomic mass is 9.95. The van der Waals surface area contributed by atoms with E-state index in [9.17, 15) is 5.26 Å². The predicted molar refractivity (Wildman–Crippen MR) is 161 cm³/mol. The zero-order valence-corrected chi connectivity index (χ0v) is 24.3. The van der Waals surface area contributed by atoms with Crippen molar-refractivity contribution in [1.82, 2.24) is 24.8 Å². The van der Waals surface area contributed by atoms with Crippen molar-refractivity contribution in [2.24, 2.45) is 5.92 Å². The van der Waals surface area contributed by atoms with Crippen molar-refractivity contribution in [2.75, 3.05) is 39.8 Å². The van der Waals surface area contributed by atoms with E-state index in [4.69, 9.17) is 21.3 Å². The van der Waals surface area contributed by atoms with Gasteiger partial charge in [0.1, 0.15) is 23.2 Å². The summed E-state index contributed by atoms with van der Waals surface area (Å²) in [6.07, 6.45) is 11.3. The molecule has 10 heteroatoms. The number of hydrogen-bond acceptors (Lipinski definition) is 7. The molecule has 3 aliphatic heterocycles. The number of ether oxygens (including phenoxy) is 1. The second-order valence-corrected chi connectivity index (χ2v) is 12.1. The van der Waals surface area contributed by atoms with E-state index in [1.165, 1.54) is 0 Å². The second kappa shape index (κ2) is 10.8. The van der Waals surface area contributed by atoms with Gasteiger partial charge in [-0.25, -0.2) is 8.97 Å². The molecule has 0 amide bonds. The number of likely N-dealkylation sites (tertiary alicyclic amines) is 1. The van der Waals surface area contributed by atoms with Gasteiger partial charge in [0.25, 0.3) is 0 Å². The first-order chi connectivity index (χ1) is 20.5. The number of nitriles is 1. The van der Waals surface area contributed by atoms with Crippen molar-refractivity contribution in [1.29, 1.82) is 5.26 Å². The van der Waals surface area contributed by atoms with E-state index in [0.29, 0.717) is 34.9 Å². The van der Waals surface area contributed by atoms with E-state index in [1.807, 2.05) is 48.2 Å². The minimum absolute atomic E-state index is 0.00274. The summed E-state index contributed by atoms with van der Waals surface area (Å²) in [4.78, 5) is 18.3. The van der Waals surface area contributed by atoms with Gasteiger partial charge < -0.3 is 9.64 Å². The SMILES string of the molecule is C[N+](=CC1CCN(C#N)C1)c1nc(OCC23CCCN2CCC3)nc2c(F)c(-c3cccc4cccc(Cl)c34)ncc12. The van der Waals surface area contributed by atoms with Crippen molar-refractivity contribution in [3.63, 3.8) is 0 Å². The van der Waals surface area contributed by atoms with Gasteiger partial charge in [-0.3, -0.25) is 9.88 Å². The van der Waals surface area contributed by atoms with Crippen LogP contribution < -0.4 is 4.74 Å². The highest BCUT2D eigenvalue weighted by atomic mass is 35.5. The summed E-state index contributed by atoms with van der Waals surface area (Å²) in [7, 11) is 1.89. The van der Waals surface area contributed by atoms with Crippen LogP contribution in [0.3, 0.4) is 0 Å². The Balaban J connectivity index is 1.34. The molecule has 42 heavy (non-hydrogen) atoms. The molecule has 0 saturated carbocycles. The summed E-state index contributed by atoms with van der Waals surface area (Å²) in [5.74, 6) is 0.148. The van der Waals surface area contributed by atoms with E-state index >= 15 is 4.39 Å². The summed E-state index contributed by atoms with van der Waals surface area (Å²) in [5, 5.41) is 12.0. The minimum atomic E-state index is -0.542. The summed E-state index contributed by atoms with van der Waals surface area (Å²) in [5.41, 5.74) is 0.943. The number of benzene rings is 2. The Bertz CT molecular complexity index is 1750. The number of pyridine rings is 1. The van der Waals surface area contributed by atoms with Crippen LogP contribution in [0.4, 0.5) is 10.2 Å². The number of aromatic nitrogens is 3. The molecule has 0 radical (unpaired) electrons. The molecule has 0 spiro atoms. The van der Waals surface area contributed by atoms with Crippen LogP contribution in [0.15, 0.2) is 42.6 Å².